The molecule has 0 spiro atoms. The Balaban J connectivity index is 1.55. The quantitative estimate of drug-likeness (QED) is 0.868. The molecule has 3 heterocycles. The lowest BCUT2D eigenvalue weighted by molar-refractivity contribution is 0.122. The average molecular weight is 369 g/mol. The number of morpholine rings is 1. The summed E-state index contributed by atoms with van der Waals surface area (Å²) < 4.78 is 5.70. The van der Waals surface area contributed by atoms with Crippen LogP contribution in [-0.2, 0) is 9.48 Å². The predicted molar refractivity (Wildman–Crippen MR) is 104 cm³/mol. The smallest absolute Gasteiger partial charge is 0.163 e. The van der Waals surface area contributed by atoms with Crippen molar-refractivity contribution in [1.29, 1.82) is 0 Å². The first-order valence-electron chi connectivity index (χ1n) is 9.34. The molecule has 7 heteroatoms. The van der Waals surface area contributed by atoms with Gasteiger partial charge < -0.3 is 15.4 Å². The van der Waals surface area contributed by atoms with E-state index in [4.69, 9.17) is 20.4 Å². The molecule has 0 radical (unpaired) electrons. The number of ether oxygens (including phenoxy) is 1. The van der Waals surface area contributed by atoms with Gasteiger partial charge in [-0.1, -0.05) is 0 Å². The molecule has 0 unspecified atom stereocenters. The molecule has 5 rings (SSSR count). The molecule has 2 aliphatic carbocycles. The highest BCUT2D eigenvalue weighted by molar-refractivity contribution is 8.01. The van der Waals surface area contributed by atoms with Crippen molar-refractivity contribution in [2.75, 3.05) is 36.9 Å². The fourth-order valence-electron chi connectivity index (χ4n) is 3.34. The van der Waals surface area contributed by atoms with E-state index in [9.17, 15) is 0 Å². The average Bonchev–Trinajstić information content (AvgIpc) is 3.61. The Bertz CT molecular complexity index is 798. The Morgan fingerprint density at radius 3 is 2.62 bits per heavy atom. The summed E-state index contributed by atoms with van der Waals surface area (Å²) in [5, 5.41) is 0.820. The number of hydrogen-bond acceptors (Lipinski definition) is 7. The maximum Gasteiger partial charge on any atom is 0.163 e. The Morgan fingerprint density at radius 1 is 1.15 bits per heavy atom. The molecule has 2 aromatic heterocycles. The van der Waals surface area contributed by atoms with Crippen LogP contribution in [0.25, 0.3) is 11.4 Å². The van der Waals surface area contributed by atoms with Crippen LogP contribution < -0.4 is 10.6 Å². The molecule has 2 saturated carbocycles. The molecule has 6 nitrogen and oxygen atoms in total. The van der Waals surface area contributed by atoms with E-state index in [1.54, 1.807) is 6.20 Å². The van der Waals surface area contributed by atoms with Gasteiger partial charge in [-0.2, -0.15) is 0 Å². The molecule has 0 aromatic carbocycles. The molecule has 2 aromatic rings. The van der Waals surface area contributed by atoms with Crippen LogP contribution in [0.3, 0.4) is 0 Å². The fourth-order valence-corrected chi connectivity index (χ4v) is 4.91. The van der Waals surface area contributed by atoms with Crippen LogP contribution >= 0.6 is 11.8 Å². The van der Waals surface area contributed by atoms with Gasteiger partial charge in [0, 0.05) is 36.2 Å². The van der Waals surface area contributed by atoms with E-state index in [1.165, 1.54) is 31.4 Å². The summed E-state index contributed by atoms with van der Waals surface area (Å²) in [4.78, 5) is 16.4. The fraction of sp³-hybridized carbons (Fsp3) is 0.526. The van der Waals surface area contributed by atoms with Gasteiger partial charge in [0.05, 0.1) is 23.7 Å². The van der Waals surface area contributed by atoms with Gasteiger partial charge in [0.25, 0.3) is 0 Å². The zero-order chi connectivity index (χ0) is 17.6. The van der Waals surface area contributed by atoms with Crippen molar-refractivity contribution in [3.8, 4) is 11.4 Å². The summed E-state index contributed by atoms with van der Waals surface area (Å²) in [6.07, 6.45) is 6.90. The number of rotatable bonds is 5. The van der Waals surface area contributed by atoms with Gasteiger partial charge in [-0.05, 0) is 37.8 Å². The minimum Gasteiger partial charge on any atom is -0.384 e. The molecule has 1 aliphatic heterocycles. The molecule has 0 amide bonds. The molecular weight excluding hydrogens is 346 g/mol. The Labute approximate surface area is 157 Å². The summed E-state index contributed by atoms with van der Waals surface area (Å²) >= 11 is 2.12. The van der Waals surface area contributed by atoms with Crippen molar-refractivity contribution in [1.82, 2.24) is 15.0 Å². The van der Waals surface area contributed by atoms with Gasteiger partial charge in [-0.15, -0.1) is 11.8 Å². The topological polar surface area (TPSA) is 77.2 Å². The molecule has 3 fully saturated rings. The van der Waals surface area contributed by atoms with Crippen LogP contribution in [0, 0.1) is 0 Å². The number of pyridine rings is 1. The maximum atomic E-state index is 5.75. The molecule has 0 bridgehead atoms. The SMILES string of the molecule is Nc1ccc(-c2nc(N3CCOCC3)cc(C3(SC4CC4)CC3)n2)cn1. The first-order valence-corrected chi connectivity index (χ1v) is 10.2. The number of nitrogens with two attached hydrogens (primary N) is 1. The summed E-state index contributed by atoms with van der Waals surface area (Å²) in [5.74, 6) is 2.27. The number of nitrogens with zero attached hydrogens (tertiary/aromatic N) is 4. The van der Waals surface area contributed by atoms with E-state index in [2.05, 4.69) is 27.7 Å². The molecule has 2 N–H and O–H groups in total. The maximum absolute atomic E-state index is 5.75. The normalized spacial score (nSPS) is 21.6. The molecule has 3 aliphatic rings. The Morgan fingerprint density at radius 2 is 1.96 bits per heavy atom. The number of aromatic nitrogens is 3. The van der Waals surface area contributed by atoms with E-state index in [1.807, 2.05) is 12.1 Å². The molecule has 26 heavy (non-hydrogen) atoms. The van der Waals surface area contributed by atoms with Gasteiger partial charge in [0.15, 0.2) is 5.82 Å². The van der Waals surface area contributed by atoms with Crippen molar-refractivity contribution in [3.05, 3.63) is 30.1 Å². The van der Waals surface area contributed by atoms with E-state index >= 15 is 0 Å². The first-order chi connectivity index (χ1) is 12.7. The van der Waals surface area contributed by atoms with Crippen molar-refractivity contribution in [2.24, 2.45) is 0 Å². The van der Waals surface area contributed by atoms with Gasteiger partial charge in [0.1, 0.15) is 11.6 Å². The van der Waals surface area contributed by atoms with Crippen molar-refractivity contribution < 1.29 is 4.74 Å². The van der Waals surface area contributed by atoms with Gasteiger partial charge >= 0.3 is 0 Å². The second-order valence-corrected chi connectivity index (χ2v) is 9.00. The monoisotopic (exact) mass is 369 g/mol. The standard InChI is InChI=1S/C19H23N5OS/c20-16-4-1-13(12-21-16)18-22-15(19(5-6-19)26-14-2-3-14)11-17(23-18)24-7-9-25-10-8-24/h1,4,11-12,14H,2-3,5-10H2,(H2,20,21). The first kappa shape index (κ1) is 16.3. The number of nitrogen functional groups attached to an aromatic ring is 1. The summed E-state index contributed by atoms with van der Waals surface area (Å²) in [6, 6.07) is 5.98. The lowest BCUT2D eigenvalue weighted by Gasteiger charge is -2.29. The highest BCUT2D eigenvalue weighted by Gasteiger charge is 2.50. The molecule has 136 valence electrons. The van der Waals surface area contributed by atoms with E-state index in [-0.39, 0.29) is 4.75 Å². The minimum absolute atomic E-state index is 0.196. The third kappa shape index (κ3) is 3.25. The number of anilines is 2. The van der Waals surface area contributed by atoms with Gasteiger partial charge in [-0.25, -0.2) is 15.0 Å². The summed E-state index contributed by atoms with van der Waals surface area (Å²) in [7, 11) is 0. The molecule has 1 saturated heterocycles. The lowest BCUT2D eigenvalue weighted by Crippen LogP contribution is -2.37. The zero-order valence-corrected chi connectivity index (χ0v) is 15.5. The van der Waals surface area contributed by atoms with E-state index < -0.39 is 0 Å². The van der Waals surface area contributed by atoms with Crippen molar-refractivity contribution in [2.45, 2.75) is 35.7 Å². The van der Waals surface area contributed by atoms with Crippen LogP contribution in [-0.4, -0.2) is 46.5 Å². The highest BCUT2D eigenvalue weighted by Crippen LogP contribution is 2.61. The highest BCUT2D eigenvalue weighted by atomic mass is 32.2. The second kappa shape index (κ2) is 6.39. The largest absolute Gasteiger partial charge is 0.384 e. The van der Waals surface area contributed by atoms with Crippen molar-refractivity contribution >= 4 is 23.4 Å². The van der Waals surface area contributed by atoms with E-state index in [0.717, 1.165) is 48.8 Å². The third-order valence-corrected chi connectivity index (χ3v) is 7.05. The minimum atomic E-state index is 0.196. The van der Waals surface area contributed by atoms with Crippen molar-refractivity contribution in [3.63, 3.8) is 0 Å². The van der Waals surface area contributed by atoms with Crippen LogP contribution in [0.2, 0.25) is 0 Å². The Hall–Kier alpha value is -1.86. The molecular formula is C19H23N5OS. The van der Waals surface area contributed by atoms with Crippen LogP contribution in [0.4, 0.5) is 11.6 Å². The van der Waals surface area contributed by atoms with Crippen LogP contribution in [0.1, 0.15) is 31.4 Å². The zero-order valence-electron chi connectivity index (χ0n) is 14.7. The van der Waals surface area contributed by atoms with Crippen LogP contribution in [0.15, 0.2) is 24.4 Å². The number of hydrogen-bond donors (Lipinski definition) is 1. The summed E-state index contributed by atoms with van der Waals surface area (Å²) in [6.45, 7) is 3.25. The van der Waals surface area contributed by atoms with E-state index in [0.29, 0.717) is 5.82 Å². The molecule has 0 atom stereocenters. The van der Waals surface area contributed by atoms with Crippen LogP contribution in [0.5, 0.6) is 0 Å². The van der Waals surface area contributed by atoms with Gasteiger partial charge in [0.2, 0.25) is 0 Å². The predicted octanol–water partition coefficient (Wildman–Crippen LogP) is 2.84. The number of thioether (sulfide) groups is 1. The summed E-state index contributed by atoms with van der Waals surface area (Å²) in [5.41, 5.74) is 7.84. The third-order valence-electron chi connectivity index (χ3n) is 5.18. The Kier molecular flexibility index (Phi) is 4.01. The van der Waals surface area contributed by atoms with Gasteiger partial charge in [-0.3, -0.25) is 0 Å². The lowest BCUT2D eigenvalue weighted by atomic mass is 10.2. The second-order valence-electron chi connectivity index (χ2n) is 7.32.